The van der Waals surface area contributed by atoms with E-state index in [4.69, 9.17) is 0 Å². The van der Waals surface area contributed by atoms with Gasteiger partial charge in [0.25, 0.3) is 0 Å². The van der Waals surface area contributed by atoms with Gasteiger partial charge in [0, 0.05) is 11.8 Å². The van der Waals surface area contributed by atoms with Gasteiger partial charge in [-0.1, -0.05) is 28.1 Å². The van der Waals surface area contributed by atoms with Crippen molar-refractivity contribution in [3.05, 3.63) is 12.2 Å². The number of alkyl halides is 1. The lowest BCUT2D eigenvalue weighted by atomic mass is 9.61. The summed E-state index contributed by atoms with van der Waals surface area (Å²) in [6.07, 6.45) is 6.51. The van der Waals surface area contributed by atoms with Crippen molar-refractivity contribution in [2.24, 2.45) is 11.8 Å². The molecule has 0 aromatic carbocycles. The third-order valence-corrected chi connectivity index (χ3v) is 3.79. The fourth-order valence-electron chi connectivity index (χ4n) is 2.12. The van der Waals surface area contributed by atoms with Crippen molar-refractivity contribution in [2.45, 2.75) is 24.1 Å². The van der Waals surface area contributed by atoms with E-state index in [0.29, 0.717) is 17.6 Å². The Labute approximate surface area is 75.0 Å². The summed E-state index contributed by atoms with van der Waals surface area (Å²) < 4.78 is -0.241. The van der Waals surface area contributed by atoms with Crippen molar-refractivity contribution in [2.75, 3.05) is 0 Å². The Morgan fingerprint density at radius 3 is 3.09 bits per heavy atom. The van der Waals surface area contributed by atoms with Gasteiger partial charge in [0.15, 0.2) is 5.78 Å². The summed E-state index contributed by atoms with van der Waals surface area (Å²) >= 11 is 3.47. The lowest BCUT2D eigenvalue weighted by Gasteiger charge is -2.48. The second-order valence-electron chi connectivity index (χ2n) is 3.58. The van der Waals surface area contributed by atoms with E-state index in [1.807, 2.05) is 6.92 Å². The number of allylic oxidation sites excluding steroid dienone is 2. The average Bonchev–Trinajstić information content (AvgIpc) is 2.04. The summed E-state index contributed by atoms with van der Waals surface area (Å²) in [5, 5.41) is 0. The number of hydrogen-bond acceptors (Lipinski definition) is 1. The zero-order chi connectivity index (χ0) is 8.06. The molecular formula is C9H11BrO. The number of halogens is 1. The van der Waals surface area contributed by atoms with E-state index in [9.17, 15) is 4.79 Å². The van der Waals surface area contributed by atoms with Crippen LogP contribution < -0.4 is 0 Å². The molecule has 0 radical (unpaired) electrons. The standard InChI is InChI=1S/C9H11BrO/c1-9(10)7-5-3-2-4-6(7)8(9)11/h3,5-7H,2,4H2,1H3. The van der Waals surface area contributed by atoms with Gasteiger partial charge in [-0.05, 0) is 19.8 Å². The number of rotatable bonds is 0. The molecule has 0 saturated heterocycles. The third-order valence-electron chi connectivity index (χ3n) is 2.87. The van der Waals surface area contributed by atoms with Gasteiger partial charge in [-0.2, -0.15) is 0 Å². The Balaban J connectivity index is 2.27. The molecule has 1 nitrogen and oxygen atoms in total. The minimum Gasteiger partial charge on any atom is -0.298 e. The molecule has 0 amide bonds. The van der Waals surface area contributed by atoms with E-state index in [0.717, 1.165) is 12.8 Å². The van der Waals surface area contributed by atoms with Crippen LogP contribution in [0.5, 0.6) is 0 Å². The number of ketones is 1. The molecule has 11 heavy (non-hydrogen) atoms. The lowest BCUT2D eigenvalue weighted by Crippen LogP contribution is -2.57. The zero-order valence-corrected chi connectivity index (χ0v) is 8.10. The van der Waals surface area contributed by atoms with Gasteiger partial charge in [0.2, 0.25) is 0 Å². The SMILES string of the molecule is CC1(Br)C(=O)C2CCC=CC21. The molecule has 0 aromatic rings. The van der Waals surface area contributed by atoms with Crippen LogP contribution in [0.3, 0.4) is 0 Å². The fraction of sp³-hybridized carbons (Fsp3) is 0.667. The van der Waals surface area contributed by atoms with E-state index in [-0.39, 0.29) is 4.32 Å². The molecule has 1 saturated carbocycles. The highest BCUT2D eigenvalue weighted by molar-refractivity contribution is 9.10. The van der Waals surface area contributed by atoms with Crippen molar-refractivity contribution >= 4 is 21.7 Å². The Kier molecular flexibility index (Phi) is 1.50. The van der Waals surface area contributed by atoms with E-state index in [2.05, 4.69) is 28.1 Å². The summed E-state index contributed by atoms with van der Waals surface area (Å²) in [5.41, 5.74) is 0. The Hall–Kier alpha value is -0.110. The van der Waals surface area contributed by atoms with E-state index >= 15 is 0 Å². The van der Waals surface area contributed by atoms with Crippen LogP contribution in [0.2, 0.25) is 0 Å². The molecule has 0 bridgehead atoms. The number of fused-ring (bicyclic) bond motifs is 1. The molecule has 2 aliphatic carbocycles. The third kappa shape index (κ3) is 0.851. The van der Waals surface area contributed by atoms with Gasteiger partial charge in [0.1, 0.15) is 0 Å². The maximum absolute atomic E-state index is 11.4. The van der Waals surface area contributed by atoms with Gasteiger partial charge >= 0.3 is 0 Å². The van der Waals surface area contributed by atoms with Gasteiger partial charge in [-0.25, -0.2) is 0 Å². The van der Waals surface area contributed by atoms with Crippen LogP contribution in [0.25, 0.3) is 0 Å². The average molecular weight is 215 g/mol. The van der Waals surface area contributed by atoms with Crippen molar-refractivity contribution in [3.63, 3.8) is 0 Å². The zero-order valence-electron chi connectivity index (χ0n) is 6.51. The van der Waals surface area contributed by atoms with E-state index < -0.39 is 0 Å². The molecule has 0 aliphatic heterocycles. The van der Waals surface area contributed by atoms with Gasteiger partial charge in [0.05, 0.1) is 4.32 Å². The summed E-state index contributed by atoms with van der Waals surface area (Å²) in [4.78, 5) is 11.4. The molecule has 2 rings (SSSR count). The Bertz CT molecular complexity index is 230. The fourth-order valence-corrected chi connectivity index (χ4v) is 2.88. The largest absolute Gasteiger partial charge is 0.298 e. The molecule has 1 fully saturated rings. The topological polar surface area (TPSA) is 17.1 Å². The highest BCUT2D eigenvalue weighted by atomic mass is 79.9. The first-order valence-corrected chi connectivity index (χ1v) is 4.83. The summed E-state index contributed by atoms with van der Waals surface area (Å²) in [5.74, 6) is 1.18. The molecule has 0 aromatic heterocycles. The van der Waals surface area contributed by atoms with Gasteiger partial charge < -0.3 is 0 Å². The quantitative estimate of drug-likeness (QED) is 0.447. The highest BCUT2D eigenvalue weighted by Crippen LogP contribution is 2.50. The summed E-state index contributed by atoms with van der Waals surface area (Å²) in [6, 6.07) is 0. The monoisotopic (exact) mass is 214 g/mol. The maximum atomic E-state index is 11.4. The van der Waals surface area contributed by atoms with Crippen LogP contribution in [0.1, 0.15) is 19.8 Å². The smallest absolute Gasteiger partial charge is 0.153 e. The number of hydrogen-bond donors (Lipinski definition) is 0. The minimum atomic E-state index is -0.241. The van der Waals surface area contributed by atoms with E-state index in [1.54, 1.807) is 0 Å². The molecule has 60 valence electrons. The van der Waals surface area contributed by atoms with Crippen molar-refractivity contribution in [3.8, 4) is 0 Å². The molecule has 2 heteroatoms. The maximum Gasteiger partial charge on any atom is 0.153 e. The van der Waals surface area contributed by atoms with Crippen LogP contribution >= 0.6 is 15.9 Å². The number of Topliss-reactive ketones (excluding diaryl/α,β-unsaturated/α-hetero) is 1. The van der Waals surface area contributed by atoms with Crippen molar-refractivity contribution in [1.29, 1.82) is 0 Å². The first-order chi connectivity index (χ1) is 5.14. The van der Waals surface area contributed by atoms with Crippen LogP contribution in [0.4, 0.5) is 0 Å². The predicted molar refractivity (Wildman–Crippen MR) is 47.7 cm³/mol. The molecule has 0 heterocycles. The van der Waals surface area contributed by atoms with Crippen LogP contribution in [0.15, 0.2) is 12.2 Å². The summed E-state index contributed by atoms with van der Waals surface area (Å²) in [7, 11) is 0. The lowest BCUT2D eigenvalue weighted by molar-refractivity contribution is -0.136. The van der Waals surface area contributed by atoms with Crippen LogP contribution in [-0.4, -0.2) is 10.1 Å². The second kappa shape index (κ2) is 2.19. The van der Waals surface area contributed by atoms with Crippen molar-refractivity contribution < 1.29 is 4.79 Å². The van der Waals surface area contributed by atoms with E-state index in [1.165, 1.54) is 0 Å². The molecule has 0 N–H and O–H groups in total. The first kappa shape index (κ1) is 7.53. The Morgan fingerprint density at radius 1 is 1.73 bits per heavy atom. The van der Waals surface area contributed by atoms with Gasteiger partial charge in [-0.15, -0.1) is 0 Å². The Morgan fingerprint density at radius 2 is 2.45 bits per heavy atom. The number of carbonyl (C=O) groups is 1. The summed E-state index contributed by atoms with van der Waals surface area (Å²) in [6.45, 7) is 1.98. The molecular weight excluding hydrogens is 204 g/mol. The predicted octanol–water partition coefficient (Wildman–Crippen LogP) is 2.31. The highest BCUT2D eigenvalue weighted by Gasteiger charge is 2.56. The molecule has 3 unspecified atom stereocenters. The first-order valence-electron chi connectivity index (χ1n) is 4.04. The number of carbonyl (C=O) groups excluding carboxylic acids is 1. The minimum absolute atomic E-state index is 0.241. The van der Waals surface area contributed by atoms with Gasteiger partial charge in [-0.3, -0.25) is 4.79 Å². The second-order valence-corrected chi connectivity index (χ2v) is 5.22. The molecule has 0 spiro atoms. The van der Waals surface area contributed by atoms with Crippen molar-refractivity contribution in [1.82, 2.24) is 0 Å². The van der Waals surface area contributed by atoms with Crippen LogP contribution in [0, 0.1) is 11.8 Å². The molecule has 3 atom stereocenters. The molecule has 2 aliphatic rings. The van der Waals surface area contributed by atoms with Crippen LogP contribution in [-0.2, 0) is 4.79 Å². The normalized spacial score (nSPS) is 48.4.